The molecular formula is C19H26N4. The molecule has 0 aliphatic carbocycles. The van der Waals surface area contributed by atoms with Gasteiger partial charge in [-0.1, -0.05) is 41.5 Å². The third-order valence-corrected chi connectivity index (χ3v) is 3.17. The normalized spacial score (nSPS) is 10.9. The van der Waals surface area contributed by atoms with E-state index in [2.05, 4.69) is 75.8 Å². The first-order valence-corrected chi connectivity index (χ1v) is 7.56. The molecule has 0 radical (unpaired) electrons. The van der Waals surface area contributed by atoms with Crippen LogP contribution in [0.3, 0.4) is 0 Å². The number of rotatable bonds is 0. The summed E-state index contributed by atoms with van der Waals surface area (Å²) >= 11 is 0. The summed E-state index contributed by atoms with van der Waals surface area (Å²) in [5.74, 6) is 4.75. The van der Waals surface area contributed by atoms with Crippen molar-refractivity contribution in [3.8, 4) is 24.3 Å². The predicted molar refractivity (Wildman–Crippen MR) is 94.8 cm³/mol. The van der Waals surface area contributed by atoms with Crippen LogP contribution >= 0.6 is 0 Å². The Morgan fingerprint density at radius 1 is 1.09 bits per heavy atom. The maximum atomic E-state index is 5.00. The van der Waals surface area contributed by atoms with Gasteiger partial charge in [0.1, 0.15) is 0 Å². The summed E-state index contributed by atoms with van der Waals surface area (Å²) < 4.78 is 3.38. The summed E-state index contributed by atoms with van der Waals surface area (Å²) in [7, 11) is 1.94. The minimum atomic E-state index is 0.0586. The summed E-state index contributed by atoms with van der Waals surface area (Å²) in [5.41, 5.74) is 2.59. The van der Waals surface area contributed by atoms with Gasteiger partial charge in [-0.15, -0.1) is 6.42 Å². The van der Waals surface area contributed by atoms with E-state index in [4.69, 9.17) is 6.42 Å². The van der Waals surface area contributed by atoms with Crippen LogP contribution in [0.2, 0.25) is 0 Å². The third-order valence-electron chi connectivity index (χ3n) is 3.17. The van der Waals surface area contributed by atoms with E-state index in [-0.39, 0.29) is 10.8 Å². The Labute approximate surface area is 139 Å². The lowest BCUT2D eigenvalue weighted by Crippen LogP contribution is -2.12. The van der Waals surface area contributed by atoms with Crippen molar-refractivity contribution in [1.82, 2.24) is 19.6 Å². The number of nitrogens with zero attached hydrogens (tertiary/aromatic N) is 4. The van der Waals surface area contributed by atoms with Gasteiger partial charge in [0.05, 0.1) is 11.9 Å². The molecule has 2 aromatic rings. The topological polar surface area (TPSA) is 35.6 Å². The van der Waals surface area contributed by atoms with Gasteiger partial charge in [-0.2, -0.15) is 14.9 Å². The number of terminal acetylenes is 1. The van der Waals surface area contributed by atoms with E-state index in [1.54, 1.807) is 4.68 Å². The second kappa shape index (κ2) is 7.20. The molecule has 0 atom stereocenters. The van der Waals surface area contributed by atoms with E-state index in [1.807, 2.05) is 30.2 Å². The minimum Gasteiger partial charge on any atom is -0.276 e. The van der Waals surface area contributed by atoms with Crippen LogP contribution in [-0.2, 0) is 17.9 Å². The Bertz CT molecular complexity index is 731. The largest absolute Gasteiger partial charge is 0.276 e. The summed E-state index contributed by atoms with van der Waals surface area (Å²) in [6.07, 6.45) is 10.8. The summed E-state index contributed by atoms with van der Waals surface area (Å²) in [4.78, 5) is 0. The van der Waals surface area contributed by atoms with Crippen LogP contribution in [-0.4, -0.2) is 19.6 Å². The molecule has 0 saturated carbocycles. The molecule has 0 aliphatic heterocycles. The smallest absolute Gasteiger partial charge is 0.0689 e. The predicted octanol–water partition coefficient (Wildman–Crippen LogP) is 3.34. The van der Waals surface area contributed by atoms with Crippen LogP contribution in [0.25, 0.3) is 0 Å². The molecule has 2 aromatic heterocycles. The van der Waals surface area contributed by atoms with E-state index in [0.29, 0.717) is 0 Å². The van der Waals surface area contributed by atoms with Gasteiger partial charge in [-0.05, 0) is 23.0 Å². The van der Waals surface area contributed by atoms with Gasteiger partial charge in [0.15, 0.2) is 0 Å². The summed E-state index contributed by atoms with van der Waals surface area (Å²) in [6, 6.07) is 4.66. The molecule has 0 fully saturated rings. The van der Waals surface area contributed by atoms with Crippen molar-refractivity contribution < 1.29 is 0 Å². The molecule has 0 saturated heterocycles. The Balaban J connectivity index is 0.000000238. The molecule has 2 heterocycles. The van der Waals surface area contributed by atoms with Crippen LogP contribution in [0, 0.1) is 24.3 Å². The minimum absolute atomic E-state index is 0.0586. The highest BCUT2D eigenvalue weighted by molar-refractivity contribution is 5.23. The van der Waals surface area contributed by atoms with Crippen LogP contribution in [0.4, 0.5) is 0 Å². The van der Waals surface area contributed by atoms with Crippen molar-refractivity contribution in [1.29, 1.82) is 0 Å². The van der Waals surface area contributed by atoms with Crippen LogP contribution in [0.5, 0.6) is 0 Å². The molecule has 0 spiro atoms. The monoisotopic (exact) mass is 310 g/mol. The van der Waals surface area contributed by atoms with Gasteiger partial charge < -0.3 is 0 Å². The molecule has 0 N–H and O–H groups in total. The zero-order chi connectivity index (χ0) is 17.7. The number of hydrogen-bond acceptors (Lipinski definition) is 2. The van der Waals surface area contributed by atoms with E-state index >= 15 is 0 Å². The van der Waals surface area contributed by atoms with E-state index in [1.165, 1.54) is 5.56 Å². The molecule has 2 rings (SSSR count). The van der Waals surface area contributed by atoms with E-state index in [0.717, 1.165) is 5.69 Å². The fraction of sp³-hybridized carbons (Fsp3) is 0.474. The van der Waals surface area contributed by atoms with Crippen molar-refractivity contribution in [2.24, 2.45) is 7.05 Å². The van der Waals surface area contributed by atoms with Gasteiger partial charge in [-0.3, -0.25) is 4.68 Å². The first-order chi connectivity index (χ1) is 10.5. The molecule has 4 heteroatoms. The van der Waals surface area contributed by atoms with Crippen molar-refractivity contribution in [2.75, 3.05) is 0 Å². The second-order valence-electron chi connectivity index (χ2n) is 7.43. The molecule has 0 aliphatic rings. The van der Waals surface area contributed by atoms with Gasteiger partial charge in [0.2, 0.25) is 0 Å². The molecule has 4 nitrogen and oxygen atoms in total. The third kappa shape index (κ3) is 6.04. The Morgan fingerprint density at radius 2 is 1.74 bits per heavy atom. The van der Waals surface area contributed by atoms with Crippen molar-refractivity contribution in [3.05, 3.63) is 35.9 Å². The molecule has 0 amide bonds. The van der Waals surface area contributed by atoms with Gasteiger partial charge in [0.25, 0.3) is 0 Å². The zero-order valence-corrected chi connectivity index (χ0v) is 15.2. The fourth-order valence-corrected chi connectivity index (χ4v) is 1.68. The fourth-order valence-electron chi connectivity index (χ4n) is 1.68. The van der Waals surface area contributed by atoms with Crippen LogP contribution in [0.1, 0.15) is 52.8 Å². The number of aryl methyl sites for hydroxylation is 1. The van der Waals surface area contributed by atoms with Gasteiger partial charge in [0, 0.05) is 36.8 Å². The highest BCUT2D eigenvalue weighted by Crippen LogP contribution is 2.20. The molecule has 0 aromatic carbocycles. The quantitative estimate of drug-likeness (QED) is 0.700. The summed E-state index contributed by atoms with van der Waals surface area (Å²) in [6.45, 7) is 12.9. The van der Waals surface area contributed by atoms with Gasteiger partial charge >= 0.3 is 0 Å². The lowest BCUT2D eigenvalue weighted by Gasteiger charge is -2.14. The molecule has 0 bridgehead atoms. The lowest BCUT2D eigenvalue weighted by molar-refractivity contribution is 0.561. The molecular weight excluding hydrogens is 284 g/mol. The number of hydrogen-bond donors (Lipinski definition) is 0. The highest BCUT2D eigenvalue weighted by Gasteiger charge is 2.16. The van der Waals surface area contributed by atoms with E-state index < -0.39 is 0 Å². The second-order valence-corrected chi connectivity index (χ2v) is 7.43. The SMILES string of the molecule is C#CC#Cn1ccc(C(C)(C)C)n1.Cn1cc(C(C)(C)C)cn1. The average molecular weight is 310 g/mol. The Kier molecular flexibility index (Phi) is 5.82. The van der Waals surface area contributed by atoms with Crippen molar-refractivity contribution in [2.45, 2.75) is 52.4 Å². The molecule has 122 valence electrons. The average Bonchev–Trinajstić information content (AvgIpc) is 3.04. The maximum absolute atomic E-state index is 5.00. The van der Waals surface area contributed by atoms with Crippen LogP contribution in [0.15, 0.2) is 24.7 Å². The standard InChI is InChI=1S/C11H12N2.C8H14N2/c1-5-6-8-13-9-7-10(12-13)11(2,3)4;1-8(2,3)7-5-9-10(4)6-7/h1,7,9H,2-4H3;5-6H,1-4H3. The van der Waals surface area contributed by atoms with E-state index in [9.17, 15) is 0 Å². The molecule has 0 unspecified atom stereocenters. The first kappa shape index (κ1) is 18.6. The highest BCUT2D eigenvalue weighted by atomic mass is 15.3. The van der Waals surface area contributed by atoms with Crippen LogP contribution < -0.4 is 0 Å². The lowest BCUT2D eigenvalue weighted by atomic mass is 9.90. The van der Waals surface area contributed by atoms with Crippen molar-refractivity contribution >= 4 is 0 Å². The Hall–Kier alpha value is -2.46. The maximum Gasteiger partial charge on any atom is 0.0689 e. The summed E-state index contributed by atoms with van der Waals surface area (Å²) in [5, 5.41) is 8.37. The van der Waals surface area contributed by atoms with Gasteiger partial charge in [-0.25, -0.2) is 0 Å². The number of aromatic nitrogens is 4. The molecule has 23 heavy (non-hydrogen) atoms. The zero-order valence-electron chi connectivity index (χ0n) is 15.2. The first-order valence-electron chi connectivity index (χ1n) is 7.56. The Morgan fingerprint density at radius 3 is 2.09 bits per heavy atom. The van der Waals surface area contributed by atoms with Crippen molar-refractivity contribution in [3.63, 3.8) is 0 Å².